The van der Waals surface area contributed by atoms with Gasteiger partial charge in [0, 0.05) is 16.7 Å². The molecular weight excluding hydrogens is 244 g/mol. The Balaban J connectivity index is 2.27. The van der Waals surface area contributed by atoms with E-state index in [1.165, 1.54) is 22.3 Å². The quantitative estimate of drug-likeness (QED) is 0.818. The van der Waals surface area contributed by atoms with Crippen LogP contribution in [0.3, 0.4) is 0 Å². The van der Waals surface area contributed by atoms with Gasteiger partial charge in [0.1, 0.15) is 0 Å². The number of nitrogens with zero attached hydrogens (tertiary/aromatic N) is 1. The molecule has 2 aliphatic rings. The number of benzene rings is 1. The van der Waals surface area contributed by atoms with Crippen molar-refractivity contribution in [3.63, 3.8) is 0 Å². The van der Waals surface area contributed by atoms with E-state index in [4.69, 9.17) is 0 Å². The van der Waals surface area contributed by atoms with Crippen LogP contribution in [0.25, 0.3) is 0 Å². The predicted octanol–water partition coefficient (Wildman–Crippen LogP) is 3.80. The van der Waals surface area contributed by atoms with Crippen LogP contribution in [-0.2, 0) is 6.42 Å². The Morgan fingerprint density at radius 3 is 2.85 bits per heavy atom. The first-order valence-electron chi connectivity index (χ1n) is 6.80. The number of hydrogen-bond donors (Lipinski definition) is 1. The van der Waals surface area contributed by atoms with Crippen molar-refractivity contribution in [3.05, 3.63) is 82.6 Å². The second-order valence-corrected chi connectivity index (χ2v) is 5.27. The fourth-order valence-corrected chi connectivity index (χ4v) is 2.78. The Bertz CT molecular complexity index is 715. The van der Waals surface area contributed by atoms with Crippen molar-refractivity contribution in [2.75, 3.05) is 0 Å². The molecule has 20 heavy (non-hydrogen) atoms. The number of allylic oxidation sites excluding steroid dienone is 4. The summed E-state index contributed by atoms with van der Waals surface area (Å²) in [6.45, 7) is 12.3. The van der Waals surface area contributed by atoms with Crippen molar-refractivity contribution in [1.29, 1.82) is 0 Å². The molecule has 0 spiro atoms. The first-order valence-corrected chi connectivity index (χ1v) is 6.80. The molecule has 1 aromatic rings. The van der Waals surface area contributed by atoms with E-state index in [0.717, 1.165) is 29.0 Å². The summed E-state index contributed by atoms with van der Waals surface area (Å²) in [6.07, 6.45) is 5.13. The van der Waals surface area contributed by atoms with E-state index in [1.807, 2.05) is 6.92 Å². The van der Waals surface area contributed by atoms with Gasteiger partial charge in [0.25, 0.3) is 0 Å². The van der Waals surface area contributed by atoms with Crippen molar-refractivity contribution in [1.82, 2.24) is 5.43 Å². The first-order chi connectivity index (χ1) is 9.61. The maximum absolute atomic E-state index is 4.51. The van der Waals surface area contributed by atoms with Gasteiger partial charge in [-0.25, -0.2) is 0 Å². The number of hydrazone groups is 1. The van der Waals surface area contributed by atoms with E-state index in [2.05, 4.69) is 61.0 Å². The van der Waals surface area contributed by atoms with E-state index in [1.54, 1.807) is 0 Å². The summed E-state index contributed by atoms with van der Waals surface area (Å²) in [5.74, 6) is 0. The average molecular weight is 262 g/mol. The van der Waals surface area contributed by atoms with Gasteiger partial charge >= 0.3 is 0 Å². The maximum Gasteiger partial charge on any atom is 0.0990 e. The number of aryl methyl sites for hydroxylation is 1. The summed E-state index contributed by atoms with van der Waals surface area (Å²) in [6, 6.07) is 6.55. The minimum atomic E-state index is 0.779. The second-order valence-electron chi connectivity index (χ2n) is 5.27. The van der Waals surface area contributed by atoms with Crippen LogP contribution < -0.4 is 5.43 Å². The predicted molar refractivity (Wildman–Crippen MR) is 84.7 cm³/mol. The molecule has 1 aromatic carbocycles. The number of hydrogen-bond acceptors (Lipinski definition) is 2. The van der Waals surface area contributed by atoms with Gasteiger partial charge in [-0.05, 0) is 37.5 Å². The van der Waals surface area contributed by atoms with Crippen molar-refractivity contribution in [3.8, 4) is 0 Å². The molecule has 1 heterocycles. The lowest BCUT2D eigenvalue weighted by Gasteiger charge is -2.29. The van der Waals surface area contributed by atoms with Crippen molar-refractivity contribution in [2.45, 2.75) is 20.3 Å². The fourth-order valence-electron chi connectivity index (χ4n) is 2.78. The molecule has 0 saturated heterocycles. The van der Waals surface area contributed by atoms with Gasteiger partial charge in [-0.2, -0.15) is 5.10 Å². The molecule has 0 fully saturated rings. The number of fused-ring (bicyclic) bond motifs is 3. The van der Waals surface area contributed by atoms with Crippen molar-refractivity contribution >= 4 is 5.71 Å². The van der Waals surface area contributed by atoms with E-state index >= 15 is 0 Å². The largest absolute Gasteiger partial charge is 0.278 e. The summed E-state index contributed by atoms with van der Waals surface area (Å²) in [4.78, 5) is 0. The SMILES string of the molecule is C=C1NN=C2C(=C(/C=C\C)Cc3ccc(C)cc32)C1=C. The zero-order valence-corrected chi connectivity index (χ0v) is 12.0. The lowest BCUT2D eigenvalue weighted by molar-refractivity contribution is 0.882. The van der Waals surface area contributed by atoms with Crippen LogP contribution in [0.4, 0.5) is 0 Å². The summed E-state index contributed by atoms with van der Waals surface area (Å²) in [7, 11) is 0. The minimum Gasteiger partial charge on any atom is -0.278 e. The fraction of sp³-hybridized carbons (Fsp3) is 0.167. The van der Waals surface area contributed by atoms with Crippen LogP contribution in [0, 0.1) is 6.92 Å². The van der Waals surface area contributed by atoms with Gasteiger partial charge in [-0.1, -0.05) is 43.0 Å². The van der Waals surface area contributed by atoms with Crippen LogP contribution in [0.1, 0.15) is 23.6 Å². The number of nitrogens with one attached hydrogen (secondary N) is 1. The third-order valence-corrected chi connectivity index (χ3v) is 3.80. The van der Waals surface area contributed by atoms with Gasteiger partial charge in [0.15, 0.2) is 0 Å². The Morgan fingerprint density at radius 1 is 1.30 bits per heavy atom. The summed E-state index contributed by atoms with van der Waals surface area (Å²) >= 11 is 0. The Hall–Kier alpha value is -2.35. The van der Waals surface area contributed by atoms with Gasteiger partial charge in [0.2, 0.25) is 0 Å². The molecule has 2 nitrogen and oxygen atoms in total. The zero-order valence-electron chi connectivity index (χ0n) is 12.0. The van der Waals surface area contributed by atoms with Gasteiger partial charge in [-0.15, -0.1) is 0 Å². The molecule has 1 aliphatic heterocycles. The highest BCUT2D eigenvalue weighted by atomic mass is 15.3. The molecule has 2 heteroatoms. The van der Waals surface area contributed by atoms with Gasteiger partial charge < -0.3 is 0 Å². The molecule has 3 rings (SSSR count). The number of rotatable bonds is 1. The van der Waals surface area contributed by atoms with Crippen LogP contribution in [0.5, 0.6) is 0 Å². The maximum atomic E-state index is 4.51. The van der Waals surface area contributed by atoms with Crippen LogP contribution in [0.15, 0.2) is 71.0 Å². The molecule has 0 bridgehead atoms. The average Bonchev–Trinajstić information content (AvgIpc) is 2.43. The topological polar surface area (TPSA) is 24.4 Å². The molecule has 0 amide bonds. The summed E-state index contributed by atoms with van der Waals surface area (Å²) < 4.78 is 0. The van der Waals surface area contributed by atoms with Crippen molar-refractivity contribution in [2.24, 2.45) is 5.10 Å². The van der Waals surface area contributed by atoms with E-state index in [9.17, 15) is 0 Å². The molecule has 100 valence electrons. The molecule has 1 N–H and O–H groups in total. The highest BCUT2D eigenvalue weighted by Gasteiger charge is 2.28. The molecule has 0 unspecified atom stereocenters. The summed E-state index contributed by atoms with van der Waals surface area (Å²) in [5.41, 5.74) is 11.8. The summed E-state index contributed by atoms with van der Waals surface area (Å²) in [5, 5.41) is 4.51. The molecule has 1 aliphatic carbocycles. The van der Waals surface area contributed by atoms with E-state index < -0.39 is 0 Å². The molecular formula is C18H18N2. The lowest BCUT2D eigenvalue weighted by atomic mass is 9.79. The van der Waals surface area contributed by atoms with E-state index in [-0.39, 0.29) is 0 Å². The Labute approximate surface area is 119 Å². The monoisotopic (exact) mass is 262 g/mol. The van der Waals surface area contributed by atoms with Gasteiger partial charge in [-0.3, -0.25) is 5.43 Å². The van der Waals surface area contributed by atoms with Gasteiger partial charge in [0.05, 0.1) is 11.4 Å². The third kappa shape index (κ3) is 1.85. The minimum absolute atomic E-state index is 0.779. The third-order valence-electron chi connectivity index (χ3n) is 3.80. The van der Waals surface area contributed by atoms with Crippen LogP contribution in [-0.4, -0.2) is 5.71 Å². The van der Waals surface area contributed by atoms with Crippen LogP contribution in [0.2, 0.25) is 0 Å². The molecule has 0 saturated carbocycles. The highest BCUT2D eigenvalue weighted by molar-refractivity contribution is 6.19. The smallest absolute Gasteiger partial charge is 0.0990 e. The second kappa shape index (κ2) is 4.64. The molecule has 0 aromatic heterocycles. The lowest BCUT2D eigenvalue weighted by Crippen LogP contribution is -2.27. The molecule has 0 atom stereocenters. The van der Waals surface area contributed by atoms with Crippen molar-refractivity contribution < 1.29 is 0 Å². The Kier molecular flexibility index (Phi) is 2.94. The highest BCUT2D eigenvalue weighted by Crippen LogP contribution is 2.35. The van der Waals surface area contributed by atoms with E-state index in [0.29, 0.717) is 0 Å². The first kappa shape index (κ1) is 12.7. The Morgan fingerprint density at radius 2 is 2.10 bits per heavy atom. The zero-order chi connectivity index (χ0) is 14.3. The molecule has 0 radical (unpaired) electrons. The normalized spacial score (nSPS) is 17.8. The standard InChI is InChI=1S/C18H18N2/c1-5-6-15-10-14-8-7-11(2)9-16(14)18-17(15)12(3)13(4)19-20-18/h5-9,19H,3-4,10H2,1-2H3/b6-5-. The van der Waals surface area contributed by atoms with Crippen LogP contribution >= 0.6 is 0 Å².